The highest BCUT2D eigenvalue weighted by molar-refractivity contribution is 5.95. The van der Waals surface area contributed by atoms with Crippen LogP contribution in [-0.4, -0.2) is 38.7 Å². The number of aliphatic hydroxyl groups is 2. The summed E-state index contributed by atoms with van der Waals surface area (Å²) < 4.78 is 0. The number of rotatable bonds is 2. The lowest BCUT2D eigenvalue weighted by Crippen LogP contribution is -2.28. The van der Waals surface area contributed by atoms with Gasteiger partial charge in [0.2, 0.25) is 5.91 Å². The molecule has 0 aromatic carbocycles. The lowest BCUT2D eigenvalue weighted by atomic mass is 10.3. The van der Waals surface area contributed by atoms with Crippen molar-refractivity contribution in [2.45, 2.75) is 26.1 Å². The number of β-amino-alcohol motifs (C(OH)–C–C–N with tert-alkyl or cyclic N) is 1. The third-order valence-electron chi connectivity index (χ3n) is 2.49. The van der Waals surface area contributed by atoms with Gasteiger partial charge in [0.15, 0.2) is 0 Å². The molecule has 1 saturated heterocycles. The van der Waals surface area contributed by atoms with Crippen molar-refractivity contribution in [3.05, 3.63) is 17.6 Å². The monoisotopic (exact) mass is 223 g/mol. The molecule has 2 N–H and O–H groups in total. The maximum atomic E-state index is 11.6. The van der Waals surface area contributed by atoms with Gasteiger partial charge in [0.1, 0.15) is 11.6 Å². The summed E-state index contributed by atoms with van der Waals surface area (Å²) in [7, 11) is 0. The van der Waals surface area contributed by atoms with Crippen molar-refractivity contribution in [2.75, 3.05) is 11.4 Å². The predicted molar refractivity (Wildman–Crippen MR) is 55.7 cm³/mol. The van der Waals surface area contributed by atoms with Gasteiger partial charge in [-0.05, 0) is 6.92 Å². The van der Waals surface area contributed by atoms with Gasteiger partial charge in [0.25, 0.3) is 0 Å². The summed E-state index contributed by atoms with van der Waals surface area (Å²) in [6.07, 6.45) is 0.943. The largest absolute Gasteiger partial charge is 0.391 e. The average molecular weight is 223 g/mol. The molecule has 1 aliphatic heterocycles. The van der Waals surface area contributed by atoms with Crippen LogP contribution in [0.2, 0.25) is 0 Å². The summed E-state index contributed by atoms with van der Waals surface area (Å²) in [6, 6.07) is 0. The van der Waals surface area contributed by atoms with Crippen LogP contribution in [0.15, 0.2) is 6.20 Å². The molecule has 2 rings (SSSR count). The number of aromatic nitrogens is 2. The molecule has 1 atom stereocenters. The second-order valence-corrected chi connectivity index (χ2v) is 3.79. The number of hydrogen-bond donors (Lipinski definition) is 2. The van der Waals surface area contributed by atoms with Crippen LogP contribution < -0.4 is 4.90 Å². The van der Waals surface area contributed by atoms with Crippen LogP contribution in [0.1, 0.15) is 17.8 Å². The molecule has 1 fully saturated rings. The maximum Gasteiger partial charge on any atom is 0.230 e. The first-order valence-corrected chi connectivity index (χ1v) is 5.03. The predicted octanol–water partition coefficient (Wildman–Crippen LogP) is -0.625. The van der Waals surface area contributed by atoms with Crippen molar-refractivity contribution in [2.24, 2.45) is 0 Å². The van der Waals surface area contributed by atoms with Crippen molar-refractivity contribution < 1.29 is 15.0 Å². The SMILES string of the molecule is Cc1ncc(CO)c(N2CC(O)CC2=O)n1. The lowest BCUT2D eigenvalue weighted by Gasteiger charge is -2.17. The molecule has 0 saturated carbocycles. The highest BCUT2D eigenvalue weighted by atomic mass is 16.3. The Labute approximate surface area is 92.6 Å². The third kappa shape index (κ3) is 1.89. The van der Waals surface area contributed by atoms with E-state index in [0.717, 1.165) is 0 Å². The van der Waals surface area contributed by atoms with Gasteiger partial charge in [-0.25, -0.2) is 9.97 Å². The van der Waals surface area contributed by atoms with Gasteiger partial charge in [-0.3, -0.25) is 9.69 Å². The summed E-state index contributed by atoms with van der Waals surface area (Å²) in [5, 5.41) is 18.5. The van der Waals surface area contributed by atoms with Crippen molar-refractivity contribution in [3.63, 3.8) is 0 Å². The Hall–Kier alpha value is -1.53. The number of anilines is 1. The number of carbonyl (C=O) groups is 1. The summed E-state index contributed by atoms with van der Waals surface area (Å²) in [4.78, 5) is 21.1. The average Bonchev–Trinajstić information content (AvgIpc) is 2.57. The fourth-order valence-electron chi connectivity index (χ4n) is 1.72. The minimum Gasteiger partial charge on any atom is -0.391 e. The van der Waals surface area contributed by atoms with Crippen LogP contribution in [0.3, 0.4) is 0 Å². The van der Waals surface area contributed by atoms with Crippen LogP contribution in [0.5, 0.6) is 0 Å². The number of nitrogens with zero attached hydrogens (tertiary/aromatic N) is 3. The molecule has 0 spiro atoms. The molecule has 16 heavy (non-hydrogen) atoms. The van der Waals surface area contributed by atoms with E-state index in [4.69, 9.17) is 5.11 Å². The zero-order valence-electron chi connectivity index (χ0n) is 8.92. The molecule has 1 unspecified atom stereocenters. The maximum absolute atomic E-state index is 11.6. The molecule has 0 radical (unpaired) electrons. The van der Waals surface area contributed by atoms with Gasteiger partial charge in [-0.2, -0.15) is 0 Å². The van der Waals surface area contributed by atoms with E-state index in [1.807, 2.05) is 0 Å². The highest BCUT2D eigenvalue weighted by Crippen LogP contribution is 2.23. The van der Waals surface area contributed by atoms with Crippen LogP contribution in [0, 0.1) is 6.92 Å². The molecule has 6 heteroatoms. The van der Waals surface area contributed by atoms with Crippen molar-refractivity contribution in [3.8, 4) is 0 Å². The smallest absolute Gasteiger partial charge is 0.230 e. The highest BCUT2D eigenvalue weighted by Gasteiger charge is 2.31. The summed E-state index contributed by atoms with van der Waals surface area (Å²) in [5.74, 6) is 0.748. The summed E-state index contributed by atoms with van der Waals surface area (Å²) in [5.41, 5.74) is 0.494. The van der Waals surface area contributed by atoms with Crippen LogP contribution in [0.25, 0.3) is 0 Å². The molecule has 0 aliphatic carbocycles. The Morgan fingerprint density at radius 2 is 2.38 bits per heavy atom. The Morgan fingerprint density at radius 1 is 1.62 bits per heavy atom. The van der Waals surface area contributed by atoms with E-state index in [9.17, 15) is 9.90 Å². The normalized spacial score (nSPS) is 20.6. The molecule has 1 amide bonds. The zero-order valence-corrected chi connectivity index (χ0v) is 8.92. The van der Waals surface area contributed by atoms with E-state index in [1.165, 1.54) is 11.1 Å². The standard InChI is InChI=1S/C10H13N3O3/c1-6-11-3-7(5-14)10(12-6)13-4-8(15)2-9(13)16/h3,8,14-15H,2,4-5H2,1H3. The van der Waals surface area contributed by atoms with Gasteiger partial charge < -0.3 is 10.2 Å². The van der Waals surface area contributed by atoms with Gasteiger partial charge in [-0.1, -0.05) is 0 Å². The van der Waals surface area contributed by atoms with Gasteiger partial charge >= 0.3 is 0 Å². The first-order valence-electron chi connectivity index (χ1n) is 5.03. The molecule has 6 nitrogen and oxygen atoms in total. The summed E-state index contributed by atoms with van der Waals surface area (Å²) >= 11 is 0. The van der Waals surface area contributed by atoms with Crippen LogP contribution in [0.4, 0.5) is 5.82 Å². The molecular formula is C10H13N3O3. The quantitative estimate of drug-likeness (QED) is 0.697. The van der Waals surface area contributed by atoms with Crippen LogP contribution >= 0.6 is 0 Å². The van der Waals surface area contributed by atoms with Crippen LogP contribution in [-0.2, 0) is 11.4 Å². The molecule has 0 bridgehead atoms. The molecule has 2 heterocycles. The second kappa shape index (κ2) is 4.15. The number of hydrogen-bond acceptors (Lipinski definition) is 5. The van der Waals surface area contributed by atoms with E-state index < -0.39 is 6.10 Å². The molecule has 86 valence electrons. The number of amides is 1. The first-order chi connectivity index (χ1) is 7.61. The van der Waals surface area contributed by atoms with E-state index in [2.05, 4.69) is 9.97 Å². The molecule has 1 aliphatic rings. The van der Waals surface area contributed by atoms with E-state index in [-0.39, 0.29) is 25.5 Å². The van der Waals surface area contributed by atoms with Crippen molar-refractivity contribution in [1.29, 1.82) is 0 Å². The second-order valence-electron chi connectivity index (χ2n) is 3.79. The minimum atomic E-state index is -0.658. The third-order valence-corrected chi connectivity index (χ3v) is 2.49. The van der Waals surface area contributed by atoms with Gasteiger partial charge in [0.05, 0.1) is 25.7 Å². The van der Waals surface area contributed by atoms with E-state index in [0.29, 0.717) is 17.2 Å². The Balaban J connectivity index is 2.39. The fraction of sp³-hybridized carbons (Fsp3) is 0.500. The Kier molecular flexibility index (Phi) is 2.84. The Bertz CT molecular complexity index is 422. The number of aliphatic hydroxyl groups excluding tert-OH is 2. The first kappa shape index (κ1) is 11.0. The minimum absolute atomic E-state index is 0.105. The lowest BCUT2D eigenvalue weighted by molar-refractivity contribution is -0.117. The number of carbonyl (C=O) groups excluding carboxylic acids is 1. The molecule has 1 aromatic rings. The number of aryl methyl sites for hydroxylation is 1. The fourth-order valence-corrected chi connectivity index (χ4v) is 1.72. The zero-order chi connectivity index (χ0) is 11.7. The summed E-state index contributed by atoms with van der Waals surface area (Å²) in [6.45, 7) is 1.71. The molecule has 1 aromatic heterocycles. The van der Waals surface area contributed by atoms with Crippen molar-refractivity contribution in [1.82, 2.24) is 9.97 Å². The van der Waals surface area contributed by atoms with E-state index >= 15 is 0 Å². The van der Waals surface area contributed by atoms with E-state index in [1.54, 1.807) is 6.92 Å². The van der Waals surface area contributed by atoms with Gasteiger partial charge in [0, 0.05) is 11.8 Å². The van der Waals surface area contributed by atoms with Gasteiger partial charge in [-0.15, -0.1) is 0 Å². The van der Waals surface area contributed by atoms with Crippen molar-refractivity contribution >= 4 is 11.7 Å². The molecular weight excluding hydrogens is 210 g/mol. The Morgan fingerprint density at radius 3 is 2.94 bits per heavy atom. The topological polar surface area (TPSA) is 86.5 Å².